The average molecular weight is 477 g/mol. The van der Waals surface area contributed by atoms with Gasteiger partial charge in [-0.1, -0.05) is 30.0 Å². The molecule has 0 aliphatic carbocycles. The van der Waals surface area contributed by atoms with Crippen LogP contribution in [0.1, 0.15) is 5.56 Å². The van der Waals surface area contributed by atoms with Gasteiger partial charge in [-0.15, -0.1) is 10.2 Å². The zero-order valence-corrected chi connectivity index (χ0v) is 19.7. The van der Waals surface area contributed by atoms with E-state index in [4.69, 9.17) is 10.6 Å². The fourth-order valence-electron chi connectivity index (χ4n) is 2.81. The highest BCUT2D eigenvalue weighted by atomic mass is 32.2. The lowest BCUT2D eigenvalue weighted by molar-refractivity contribution is -0.113. The normalized spacial score (nSPS) is 11.5. The number of aryl methyl sites for hydroxylation is 1. The van der Waals surface area contributed by atoms with Crippen LogP contribution in [0.3, 0.4) is 0 Å². The number of methoxy groups -OCH3 is 1. The van der Waals surface area contributed by atoms with Crippen molar-refractivity contribution in [3.63, 3.8) is 0 Å². The zero-order valence-electron chi connectivity index (χ0n) is 18.1. The molecule has 0 saturated heterocycles. The van der Waals surface area contributed by atoms with Gasteiger partial charge in [0.05, 0.1) is 23.3 Å². The molecule has 1 aromatic heterocycles. The molecule has 0 bridgehead atoms. The number of nitrogens with zero attached hydrogens (tertiary/aromatic N) is 4. The van der Waals surface area contributed by atoms with Crippen LogP contribution in [0.15, 0.2) is 52.5 Å². The fraction of sp³-hybridized carbons (Fsp3) is 0.250. The summed E-state index contributed by atoms with van der Waals surface area (Å²) < 4.78 is 32.5. The predicted octanol–water partition coefficient (Wildman–Crippen LogP) is 1.96. The van der Waals surface area contributed by atoms with Gasteiger partial charge in [-0.2, -0.15) is 0 Å². The monoisotopic (exact) mass is 476 g/mol. The molecule has 32 heavy (non-hydrogen) atoms. The summed E-state index contributed by atoms with van der Waals surface area (Å²) in [5.74, 6) is 6.81. The number of amides is 1. The molecule has 3 N–H and O–H groups in total. The van der Waals surface area contributed by atoms with E-state index in [-0.39, 0.29) is 16.6 Å². The smallest absolute Gasteiger partial charge is 0.242 e. The number of ether oxygens (including phenoxy) is 1. The van der Waals surface area contributed by atoms with Crippen molar-refractivity contribution in [2.75, 3.05) is 38.1 Å². The van der Waals surface area contributed by atoms with E-state index in [1.54, 1.807) is 26.2 Å². The van der Waals surface area contributed by atoms with Gasteiger partial charge in [0.15, 0.2) is 5.82 Å². The quantitative estimate of drug-likeness (QED) is 0.372. The summed E-state index contributed by atoms with van der Waals surface area (Å²) in [7, 11) is 0.840. The molecule has 12 heteroatoms. The Hall–Kier alpha value is -3.09. The summed E-state index contributed by atoms with van der Waals surface area (Å²) in [6.45, 7) is 1.78. The van der Waals surface area contributed by atoms with Crippen molar-refractivity contribution in [3.8, 4) is 17.1 Å². The van der Waals surface area contributed by atoms with Gasteiger partial charge in [-0.25, -0.2) is 17.4 Å². The van der Waals surface area contributed by atoms with E-state index < -0.39 is 10.0 Å². The Bertz CT molecular complexity index is 1240. The maximum atomic E-state index is 12.5. The molecule has 1 amide bonds. The Morgan fingerprint density at radius 2 is 1.94 bits per heavy atom. The molecule has 0 spiro atoms. The highest BCUT2D eigenvalue weighted by molar-refractivity contribution is 7.99. The fourth-order valence-corrected chi connectivity index (χ4v) is 4.40. The highest BCUT2D eigenvalue weighted by Gasteiger charge is 2.20. The van der Waals surface area contributed by atoms with Crippen molar-refractivity contribution >= 4 is 33.4 Å². The van der Waals surface area contributed by atoms with Gasteiger partial charge in [0.2, 0.25) is 21.1 Å². The Morgan fingerprint density at radius 1 is 1.22 bits per heavy atom. The third-order valence-corrected chi connectivity index (χ3v) is 7.36. The lowest BCUT2D eigenvalue weighted by Gasteiger charge is -2.14. The Labute approximate surface area is 190 Å². The average Bonchev–Trinajstić information content (AvgIpc) is 3.13. The molecule has 0 radical (unpaired) electrons. The second-order valence-electron chi connectivity index (χ2n) is 6.98. The Kier molecular flexibility index (Phi) is 7.06. The standard InChI is InChI=1S/C20H24N6O4S2/c1-13-9-10-14(32(28,29)25(2)3)11-16(13)22-18(27)12-31-20-24-23-19(26(20)21)15-7-5-6-8-17(15)30-4/h5-11H,12,21H2,1-4H3,(H,22,27). The van der Waals surface area contributed by atoms with E-state index in [0.29, 0.717) is 28.0 Å². The number of aromatic nitrogens is 3. The van der Waals surface area contributed by atoms with E-state index in [1.165, 1.54) is 30.9 Å². The summed E-state index contributed by atoms with van der Waals surface area (Å²) in [6, 6.07) is 11.9. The lowest BCUT2D eigenvalue weighted by Crippen LogP contribution is -2.23. The highest BCUT2D eigenvalue weighted by Crippen LogP contribution is 2.29. The number of hydrogen-bond acceptors (Lipinski definition) is 8. The van der Waals surface area contributed by atoms with E-state index >= 15 is 0 Å². The number of sulfonamides is 1. The number of nitrogens with two attached hydrogens (primary N) is 1. The molecular weight excluding hydrogens is 452 g/mol. The van der Waals surface area contributed by atoms with Crippen molar-refractivity contribution in [2.45, 2.75) is 17.0 Å². The van der Waals surface area contributed by atoms with Gasteiger partial charge in [0.1, 0.15) is 5.75 Å². The topological polar surface area (TPSA) is 132 Å². The second kappa shape index (κ2) is 9.59. The minimum absolute atomic E-state index is 0.00531. The summed E-state index contributed by atoms with van der Waals surface area (Å²) in [5, 5.41) is 11.3. The molecule has 0 fully saturated rings. The maximum Gasteiger partial charge on any atom is 0.242 e. The molecule has 0 saturated carbocycles. The maximum absolute atomic E-state index is 12.5. The molecule has 2 aromatic carbocycles. The molecule has 3 aromatic rings. The molecule has 0 unspecified atom stereocenters. The van der Waals surface area contributed by atoms with Crippen molar-refractivity contribution < 1.29 is 17.9 Å². The molecular formula is C20H24N6O4S2. The van der Waals surface area contributed by atoms with Crippen LogP contribution in [0.5, 0.6) is 5.75 Å². The number of rotatable bonds is 8. The van der Waals surface area contributed by atoms with E-state index in [1.807, 2.05) is 18.2 Å². The summed E-state index contributed by atoms with van der Waals surface area (Å²) in [4.78, 5) is 12.6. The van der Waals surface area contributed by atoms with Crippen molar-refractivity contribution in [2.24, 2.45) is 0 Å². The van der Waals surface area contributed by atoms with Crippen LogP contribution in [0.2, 0.25) is 0 Å². The van der Waals surface area contributed by atoms with Crippen LogP contribution in [-0.2, 0) is 14.8 Å². The largest absolute Gasteiger partial charge is 0.496 e. The number of nitrogens with one attached hydrogen (secondary N) is 1. The summed E-state index contributed by atoms with van der Waals surface area (Å²) in [6.07, 6.45) is 0. The van der Waals surface area contributed by atoms with Gasteiger partial charge in [0, 0.05) is 19.8 Å². The lowest BCUT2D eigenvalue weighted by atomic mass is 10.2. The van der Waals surface area contributed by atoms with Gasteiger partial charge in [-0.3, -0.25) is 4.79 Å². The molecule has 3 rings (SSSR count). The third kappa shape index (κ3) is 4.87. The second-order valence-corrected chi connectivity index (χ2v) is 10.1. The summed E-state index contributed by atoms with van der Waals surface area (Å²) in [5.41, 5.74) is 1.83. The van der Waals surface area contributed by atoms with E-state index in [0.717, 1.165) is 21.6 Å². The van der Waals surface area contributed by atoms with Crippen LogP contribution in [-0.4, -0.2) is 60.5 Å². The number of para-hydroxylation sites is 1. The first-order valence-electron chi connectivity index (χ1n) is 9.45. The molecule has 1 heterocycles. The first-order chi connectivity index (χ1) is 15.1. The number of benzene rings is 2. The number of carbonyl (C=O) groups excluding carboxylic acids is 1. The van der Waals surface area contributed by atoms with Crippen molar-refractivity contribution in [1.29, 1.82) is 0 Å². The van der Waals surface area contributed by atoms with Gasteiger partial charge >= 0.3 is 0 Å². The molecule has 170 valence electrons. The molecule has 0 aliphatic heterocycles. The number of carbonyl (C=O) groups is 1. The van der Waals surface area contributed by atoms with Gasteiger partial charge < -0.3 is 15.9 Å². The molecule has 10 nitrogen and oxygen atoms in total. The summed E-state index contributed by atoms with van der Waals surface area (Å²) >= 11 is 1.11. The van der Waals surface area contributed by atoms with Gasteiger partial charge in [0.25, 0.3) is 0 Å². The molecule has 0 aliphatic rings. The SMILES string of the molecule is COc1ccccc1-c1nnc(SCC(=O)Nc2cc(S(=O)(=O)N(C)C)ccc2C)n1N. The van der Waals surface area contributed by atoms with E-state index in [2.05, 4.69) is 15.5 Å². The number of thioether (sulfide) groups is 1. The minimum atomic E-state index is -3.61. The number of hydrogen-bond donors (Lipinski definition) is 2. The van der Waals surface area contributed by atoms with Crippen LogP contribution in [0.25, 0.3) is 11.4 Å². The van der Waals surface area contributed by atoms with Gasteiger partial charge in [-0.05, 0) is 36.8 Å². The predicted molar refractivity (Wildman–Crippen MR) is 124 cm³/mol. The first kappa shape index (κ1) is 23.6. The first-order valence-corrected chi connectivity index (χ1v) is 11.9. The van der Waals surface area contributed by atoms with Crippen LogP contribution < -0.4 is 15.9 Å². The zero-order chi connectivity index (χ0) is 23.5. The number of nitrogen functional groups attached to an aromatic ring is 1. The van der Waals surface area contributed by atoms with Crippen LogP contribution in [0.4, 0.5) is 5.69 Å². The Morgan fingerprint density at radius 3 is 2.62 bits per heavy atom. The Balaban J connectivity index is 1.72. The van der Waals surface area contributed by atoms with Crippen LogP contribution >= 0.6 is 11.8 Å². The van der Waals surface area contributed by atoms with E-state index in [9.17, 15) is 13.2 Å². The van der Waals surface area contributed by atoms with Crippen LogP contribution in [0, 0.1) is 6.92 Å². The molecule has 0 atom stereocenters. The third-order valence-electron chi connectivity index (χ3n) is 4.61. The van der Waals surface area contributed by atoms with Crippen molar-refractivity contribution in [1.82, 2.24) is 19.2 Å². The number of anilines is 1. The van der Waals surface area contributed by atoms with Crippen molar-refractivity contribution in [3.05, 3.63) is 48.0 Å². The minimum Gasteiger partial charge on any atom is -0.496 e.